The molecule has 0 aliphatic heterocycles. The molecular weight excluding hydrogens is 245 g/mol. The van der Waals surface area contributed by atoms with Gasteiger partial charge in [0.2, 0.25) is 0 Å². The molecule has 0 aliphatic carbocycles. The van der Waals surface area contributed by atoms with Gasteiger partial charge in [0.1, 0.15) is 5.82 Å². The summed E-state index contributed by atoms with van der Waals surface area (Å²) in [5, 5.41) is 8.92. The van der Waals surface area contributed by atoms with Crippen LogP contribution >= 0.6 is 0 Å². The molecular formula is C15H22FNO2. The summed E-state index contributed by atoms with van der Waals surface area (Å²) in [4.78, 5) is 13.0. The Morgan fingerprint density at radius 3 is 2.47 bits per heavy atom. The first kappa shape index (κ1) is 15.6. The third-order valence-corrected chi connectivity index (χ3v) is 3.20. The van der Waals surface area contributed by atoms with Crippen LogP contribution in [0.15, 0.2) is 18.2 Å². The van der Waals surface area contributed by atoms with Gasteiger partial charge in [0, 0.05) is 12.6 Å². The number of benzene rings is 1. The van der Waals surface area contributed by atoms with Crippen LogP contribution in [0, 0.1) is 11.7 Å². The molecule has 1 N–H and O–H groups in total. The van der Waals surface area contributed by atoms with Crippen LogP contribution in [0.3, 0.4) is 0 Å². The van der Waals surface area contributed by atoms with E-state index in [9.17, 15) is 9.18 Å². The average Bonchev–Trinajstić information content (AvgIpc) is 2.26. The lowest BCUT2D eigenvalue weighted by atomic mass is 10.0. The largest absolute Gasteiger partial charge is 0.478 e. The second-order valence-corrected chi connectivity index (χ2v) is 5.55. The fourth-order valence-electron chi connectivity index (χ4n) is 2.17. The molecule has 1 rings (SSSR count). The first-order valence-corrected chi connectivity index (χ1v) is 6.52. The second-order valence-electron chi connectivity index (χ2n) is 5.55. The molecule has 4 heteroatoms. The minimum Gasteiger partial charge on any atom is -0.478 e. The van der Waals surface area contributed by atoms with Gasteiger partial charge >= 0.3 is 5.97 Å². The number of halogens is 1. The van der Waals surface area contributed by atoms with Gasteiger partial charge in [0.25, 0.3) is 0 Å². The third kappa shape index (κ3) is 4.99. The van der Waals surface area contributed by atoms with Crippen molar-refractivity contribution in [2.24, 2.45) is 5.92 Å². The monoisotopic (exact) mass is 267 g/mol. The quantitative estimate of drug-likeness (QED) is 0.859. The third-order valence-electron chi connectivity index (χ3n) is 3.20. The Morgan fingerprint density at radius 2 is 1.95 bits per heavy atom. The van der Waals surface area contributed by atoms with Crippen molar-refractivity contribution in [2.45, 2.75) is 39.8 Å². The summed E-state index contributed by atoms with van der Waals surface area (Å²) in [6, 6.07) is 4.34. The number of carbonyl (C=O) groups is 1. The van der Waals surface area contributed by atoms with E-state index in [1.807, 2.05) is 7.05 Å². The predicted octanol–water partition coefficient (Wildman–Crippen LogP) is 3.39. The Kier molecular flexibility index (Phi) is 5.48. The SMILES string of the molecule is CC(C)CC(C)N(C)Cc1cc(F)cc(C(=O)O)c1. The summed E-state index contributed by atoms with van der Waals surface area (Å²) in [6.45, 7) is 6.99. The van der Waals surface area contributed by atoms with Gasteiger partial charge in [-0.1, -0.05) is 13.8 Å². The molecule has 0 fully saturated rings. The normalized spacial score (nSPS) is 13.0. The fraction of sp³-hybridized carbons (Fsp3) is 0.533. The fourth-order valence-corrected chi connectivity index (χ4v) is 2.17. The molecule has 0 heterocycles. The van der Waals surface area contributed by atoms with Crippen LogP contribution in [0.5, 0.6) is 0 Å². The van der Waals surface area contributed by atoms with Crippen LogP contribution in [0.1, 0.15) is 43.1 Å². The number of nitrogens with zero attached hydrogens (tertiary/aromatic N) is 1. The van der Waals surface area contributed by atoms with Crippen molar-refractivity contribution >= 4 is 5.97 Å². The van der Waals surface area contributed by atoms with Crippen molar-refractivity contribution in [3.63, 3.8) is 0 Å². The lowest BCUT2D eigenvalue weighted by Gasteiger charge is -2.26. The summed E-state index contributed by atoms with van der Waals surface area (Å²) in [6.07, 6.45) is 1.05. The molecule has 0 bridgehead atoms. The summed E-state index contributed by atoms with van der Waals surface area (Å²) in [5.41, 5.74) is 0.690. The van der Waals surface area contributed by atoms with Crippen molar-refractivity contribution < 1.29 is 14.3 Å². The van der Waals surface area contributed by atoms with Gasteiger partial charge < -0.3 is 5.11 Å². The summed E-state index contributed by atoms with van der Waals surface area (Å²) in [5.74, 6) is -1.00. The molecule has 0 saturated carbocycles. The van der Waals surface area contributed by atoms with Crippen LogP contribution in [0.25, 0.3) is 0 Å². The maximum atomic E-state index is 13.4. The predicted molar refractivity (Wildman–Crippen MR) is 73.7 cm³/mol. The molecule has 0 saturated heterocycles. The number of carboxylic acid groups (broad SMARTS) is 1. The molecule has 1 aromatic rings. The maximum absolute atomic E-state index is 13.4. The molecule has 0 spiro atoms. The molecule has 1 unspecified atom stereocenters. The lowest BCUT2D eigenvalue weighted by molar-refractivity contribution is 0.0696. The van der Waals surface area contributed by atoms with Gasteiger partial charge in [-0.15, -0.1) is 0 Å². The first-order chi connectivity index (χ1) is 8.79. The lowest BCUT2D eigenvalue weighted by Crippen LogP contribution is -2.29. The highest BCUT2D eigenvalue weighted by atomic mass is 19.1. The van der Waals surface area contributed by atoms with E-state index in [-0.39, 0.29) is 5.56 Å². The highest BCUT2D eigenvalue weighted by Crippen LogP contribution is 2.15. The van der Waals surface area contributed by atoms with Gasteiger partial charge in [-0.3, -0.25) is 4.90 Å². The number of aromatic carboxylic acids is 1. The molecule has 1 aromatic carbocycles. The molecule has 0 aliphatic rings. The Hall–Kier alpha value is -1.42. The van der Waals surface area contributed by atoms with Crippen molar-refractivity contribution in [1.82, 2.24) is 4.90 Å². The Bertz CT molecular complexity index is 446. The van der Waals surface area contributed by atoms with E-state index in [0.29, 0.717) is 24.1 Å². The Balaban J connectivity index is 2.78. The van der Waals surface area contributed by atoms with Gasteiger partial charge in [0.05, 0.1) is 5.56 Å². The van der Waals surface area contributed by atoms with E-state index in [2.05, 4.69) is 25.7 Å². The van der Waals surface area contributed by atoms with Gasteiger partial charge in [-0.05, 0) is 50.1 Å². The summed E-state index contributed by atoms with van der Waals surface area (Å²) >= 11 is 0. The van der Waals surface area contributed by atoms with E-state index in [1.54, 1.807) is 0 Å². The van der Waals surface area contributed by atoms with Crippen LogP contribution < -0.4 is 0 Å². The smallest absolute Gasteiger partial charge is 0.335 e. The molecule has 3 nitrogen and oxygen atoms in total. The van der Waals surface area contributed by atoms with Crippen LogP contribution in [0.2, 0.25) is 0 Å². The molecule has 106 valence electrons. The minimum absolute atomic E-state index is 0.0000809. The highest BCUT2D eigenvalue weighted by Gasteiger charge is 2.13. The zero-order valence-corrected chi connectivity index (χ0v) is 12.0. The summed E-state index contributed by atoms with van der Waals surface area (Å²) in [7, 11) is 1.97. The van der Waals surface area contributed by atoms with Crippen LogP contribution in [0.4, 0.5) is 4.39 Å². The van der Waals surface area contributed by atoms with E-state index in [0.717, 1.165) is 12.5 Å². The molecule has 1 atom stereocenters. The second kappa shape index (κ2) is 6.66. The molecule has 0 amide bonds. The minimum atomic E-state index is -1.10. The van der Waals surface area contributed by atoms with E-state index in [4.69, 9.17) is 5.11 Å². The zero-order chi connectivity index (χ0) is 14.6. The van der Waals surface area contributed by atoms with E-state index in [1.165, 1.54) is 12.1 Å². The topological polar surface area (TPSA) is 40.5 Å². The van der Waals surface area contributed by atoms with Crippen molar-refractivity contribution in [3.05, 3.63) is 35.1 Å². The number of rotatable bonds is 6. The average molecular weight is 267 g/mol. The van der Waals surface area contributed by atoms with Gasteiger partial charge in [-0.25, -0.2) is 9.18 Å². The Labute approximate surface area is 114 Å². The van der Waals surface area contributed by atoms with Crippen molar-refractivity contribution in [2.75, 3.05) is 7.05 Å². The molecule has 19 heavy (non-hydrogen) atoms. The number of hydrogen-bond acceptors (Lipinski definition) is 2. The zero-order valence-electron chi connectivity index (χ0n) is 12.0. The Morgan fingerprint density at radius 1 is 1.32 bits per heavy atom. The standard InChI is InChI=1S/C15H22FNO2/c1-10(2)5-11(3)17(4)9-12-6-13(15(18)19)8-14(16)7-12/h6-8,10-11H,5,9H2,1-4H3,(H,18,19). The molecule has 0 aromatic heterocycles. The number of hydrogen-bond donors (Lipinski definition) is 1. The maximum Gasteiger partial charge on any atom is 0.335 e. The highest BCUT2D eigenvalue weighted by molar-refractivity contribution is 5.87. The van der Waals surface area contributed by atoms with Gasteiger partial charge in [0.15, 0.2) is 0 Å². The molecule has 0 radical (unpaired) electrons. The van der Waals surface area contributed by atoms with E-state index < -0.39 is 11.8 Å². The van der Waals surface area contributed by atoms with Crippen molar-refractivity contribution in [1.29, 1.82) is 0 Å². The number of carboxylic acids is 1. The summed E-state index contributed by atoms with van der Waals surface area (Å²) < 4.78 is 13.4. The van der Waals surface area contributed by atoms with Gasteiger partial charge in [-0.2, -0.15) is 0 Å². The van der Waals surface area contributed by atoms with Crippen molar-refractivity contribution in [3.8, 4) is 0 Å². The van der Waals surface area contributed by atoms with E-state index >= 15 is 0 Å². The van der Waals surface area contributed by atoms with Crippen LogP contribution in [-0.2, 0) is 6.54 Å². The first-order valence-electron chi connectivity index (χ1n) is 6.52. The van der Waals surface area contributed by atoms with Crippen LogP contribution in [-0.4, -0.2) is 29.1 Å².